The van der Waals surface area contributed by atoms with Crippen LogP contribution in [-0.2, 0) is 17.6 Å². The zero-order chi connectivity index (χ0) is 19.7. The van der Waals surface area contributed by atoms with Crippen molar-refractivity contribution in [1.29, 1.82) is 0 Å². The standard InChI is InChI=1S/C21H21N5O2/c22-17(11-13-1-4-16(27)5-2-13)20(28)26-10-8-15-12-14(3-6-19(15)26)18-7-9-24-21(23)25-18/h1-7,9,12,17,27H,8,10-11,22H2,(H2,23,24,25). The predicted octanol–water partition coefficient (Wildman–Crippen LogP) is 1.89. The lowest BCUT2D eigenvalue weighted by Gasteiger charge is -2.22. The summed E-state index contributed by atoms with van der Waals surface area (Å²) in [4.78, 5) is 22.8. The highest BCUT2D eigenvalue weighted by molar-refractivity contribution is 5.99. The lowest BCUT2D eigenvalue weighted by molar-refractivity contribution is -0.119. The highest BCUT2D eigenvalue weighted by Gasteiger charge is 2.28. The zero-order valence-electron chi connectivity index (χ0n) is 15.2. The molecule has 2 heterocycles. The Bertz CT molecular complexity index is 1020. The quantitative estimate of drug-likeness (QED) is 0.641. The van der Waals surface area contributed by atoms with Gasteiger partial charge in [-0.25, -0.2) is 9.97 Å². The fourth-order valence-corrected chi connectivity index (χ4v) is 3.50. The predicted molar refractivity (Wildman–Crippen MR) is 108 cm³/mol. The van der Waals surface area contributed by atoms with E-state index in [1.165, 1.54) is 0 Å². The molecule has 1 amide bonds. The van der Waals surface area contributed by atoms with E-state index in [1.807, 2.05) is 24.3 Å². The molecule has 5 N–H and O–H groups in total. The van der Waals surface area contributed by atoms with Gasteiger partial charge in [0.1, 0.15) is 5.75 Å². The van der Waals surface area contributed by atoms with Gasteiger partial charge in [0, 0.05) is 24.0 Å². The fraction of sp³-hybridized carbons (Fsp3) is 0.190. The maximum Gasteiger partial charge on any atom is 0.244 e. The Hall–Kier alpha value is -3.45. The molecule has 0 bridgehead atoms. The van der Waals surface area contributed by atoms with E-state index >= 15 is 0 Å². The molecule has 1 atom stereocenters. The van der Waals surface area contributed by atoms with Crippen LogP contribution in [0.2, 0.25) is 0 Å². The summed E-state index contributed by atoms with van der Waals surface area (Å²) in [6, 6.07) is 13.8. The highest BCUT2D eigenvalue weighted by atomic mass is 16.3. The monoisotopic (exact) mass is 375 g/mol. The van der Waals surface area contributed by atoms with Crippen LogP contribution in [0.25, 0.3) is 11.3 Å². The van der Waals surface area contributed by atoms with Crippen LogP contribution < -0.4 is 16.4 Å². The summed E-state index contributed by atoms with van der Waals surface area (Å²) in [6.07, 6.45) is 2.81. The van der Waals surface area contributed by atoms with Crippen molar-refractivity contribution in [2.24, 2.45) is 5.73 Å². The van der Waals surface area contributed by atoms with Gasteiger partial charge in [0.25, 0.3) is 0 Å². The second kappa shape index (κ2) is 7.28. The van der Waals surface area contributed by atoms with Crippen LogP contribution in [0.3, 0.4) is 0 Å². The van der Waals surface area contributed by atoms with Gasteiger partial charge < -0.3 is 21.5 Å². The van der Waals surface area contributed by atoms with Crippen LogP contribution in [0, 0.1) is 0 Å². The minimum atomic E-state index is -0.642. The molecule has 7 heteroatoms. The summed E-state index contributed by atoms with van der Waals surface area (Å²) in [5.41, 5.74) is 16.4. The Balaban J connectivity index is 1.52. The van der Waals surface area contributed by atoms with Crippen LogP contribution in [0.15, 0.2) is 54.7 Å². The zero-order valence-corrected chi connectivity index (χ0v) is 15.2. The van der Waals surface area contributed by atoms with Gasteiger partial charge in [-0.2, -0.15) is 0 Å². The number of anilines is 2. The lowest BCUT2D eigenvalue weighted by Crippen LogP contribution is -2.44. The number of rotatable bonds is 4. The molecule has 0 radical (unpaired) electrons. The van der Waals surface area contributed by atoms with Crippen molar-refractivity contribution in [3.05, 3.63) is 65.9 Å². The third-order valence-corrected chi connectivity index (χ3v) is 4.92. The maximum atomic E-state index is 12.9. The molecule has 7 nitrogen and oxygen atoms in total. The molecule has 0 aliphatic carbocycles. The number of carbonyl (C=O) groups excluding carboxylic acids is 1. The van der Waals surface area contributed by atoms with Crippen molar-refractivity contribution in [3.8, 4) is 17.0 Å². The van der Waals surface area contributed by atoms with Crippen molar-refractivity contribution >= 4 is 17.5 Å². The molecule has 1 aliphatic rings. The van der Waals surface area contributed by atoms with E-state index in [1.54, 1.807) is 35.4 Å². The Morgan fingerprint density at radius 1 is 1.18 bits per heavy atom. The Labute approximate surface area is 162 Å². The topological polar surface area (TPSA) is 118 Å². The molecule has 142 valence electrons. The molecule has 0 saturated carbocycles. The largest absolute Gasteiger partial charge is 0.508 e. The number of nitrogen functional groups attached to an aromatic ring is 1. The first-order chi connectivity index (χ1) is 13.5. The van der Waals surface area contributed by atoms with Gasteiger partial charge in [0.05, 0.1) is 11.7 Å². The number of hydrogen-bond acceptors (Lipinski definition) is 6. The molecule has 28 heavy (non-hydrogen) atoms. The number of nitrogens with two attached hydrogens (primary N) is 2. The number of nitrogens with zero attached hydrogens (tertiary/aromatic N) is 3. The van der Waals surface area contributed by atoms with Gasteiger partial charge in [-0.1, -0.05) is 18.2 Å². The van der Waals surface area contributed by atoms with E-state index in [0.717, 1.165) is 34.5 Å². The van der Waals surface area contributed by atoms with E-state index in [-0.39, 0.29) is 17.6 Å². The average molecular weight is 375 g/mol. The fourth-order valence-electron chi connectivity index (χ4n) is 3.50. The smallest absolute Gasteiger partial charge is 0.244 e. The number of phenols is 1. The molecule has 0 spiro atoms. The van der Waals surface area contributed by atoms with Crippen LogP contribution in [0.4, 0.5) is 11.6 Å². The number of benzene rings is 2. The number of hydrogen-bond donors (Lipinski definition) is 3. The number of phenolic OH excluding ortho intramolecular Hbond substituents is 1. The average Bonchev–Trinajstić information content (AvgIpc) is 3.12. The molecular weight excluding hydrogens is 354 g/mol. The van der Waals surface area contributed by atoms with Gasteiger partial charge in [0.2, 0.25) is 11.9 Å². The summed E-state index contributed by atoms with van der Waals surface area (Å²) in [6.45, 7) is 0.604. The SMILES string of the molecule is Nc1nccc(-c2ccc3c(c2)CCN3C(=O)C(N)Cc2ccc(O)cc2)n1. The molecule has 4 rings (SSSR count). The third kappa shape index (κ3) is 3.52. The van der Waals surface area contributed by atoms with Crippen LogP contribution >= 0.6 is 0 Å². The van der Waals surface area contributed by atoms with Crippen molar-refractivity contribution in [2.75, 3.05) is 17.2 Å². The minimum Gasteiger partial charge on any atom is -0.508 e. The summed E-state index contributed by atoms with van der Waals surface area (Å²) in [5, 5.41) is 9.38. The normalized spacial score (nSPS) is 14.0. The van der Waals surface area contributed by atoms with Crippen LogP contribution in [0.5, 0.6) is 5.75 Å². The molecule has 0 saturated heterocycles. The molecule has 1 aliphatic heterocycles. The second-order valence-electron chi connectivity index (χ2n) is 6.86. The van der Waals surface area contributed by atoms with Crippen LogP contribution in [0.1, 0.15) is 11.1 Å². The Morgan fingerprint density at radius 3 is 2.71 bits per heavy atom. The van der Waals surface area contributed by atoms with E-state index in [9.17, 15) is 9.90 Å². The first kappa shape index (κ1) is 17.9. The van der Waals surface area contributed by atoms with E-state index in [0.29, 0.717) is 13.0 Å². The van der Waals surface area contributed by atoms with Crippen molar-refractivity contribution < 1.29 is 9.90 Å². The first-order valence-electron chi connectivity index (χ1n) is 9.08. The summed E-state index contributed by atoms with van der Waals surface area (Å²) < 4.78 is 0. The van der Waals surface area contributed by atoms with Gasteiger partial charge in [-0.15, -0.1) is 0 Å². The number of fused-ring (bicyclic) bond motifs is 1. The first-order valence-corrected chi connectivity index (χ1v) is 9.08. The summed E-state index contributed by atoms with van der Waals surface area (Å²) in [7, 11) is 0. The number of amides is 1. The van der Waals surface area contributed by atoms with Gasteiger partial charge in [0.15, 0.2) is 0 Å². The van der Waals surface area contributed by atoms with E-state index < -0.39 is 6.04 Å². The number of aromatic nitrogens is 2. The Kier molecular flexibility index (Phi) is 4.67. The third-order valence-electron chi connectivity index (χ3n) is 4.92. The Morgan fingerprint density at radius 2 is 1.96 bits per heavy atom. The highest BCUT2D eigenvalue weighted by Crippen LogP contribution is 2.32. The molecule has 1 unspecified atom stereocenters. The van der Waals surface area contributed by atoms with E-state index in [2.05, 4.69) is 9.97 Å². The van der Waals surface area contributed by atoms with Crippen molar-refractivity contribution in [3.63, 3.8) is 0 Å². The molecule has 2 aromatic carbocycles. The molecule has 1 aromatic heterocycles. The molecule has 0 fully saturated rings. The summed E-state index contributed by atoms with van der Waals surface area (Å²) >= 11 is 0. The van der Waals surface area contributed by atoms with Crippen molar-refractivity contribution in [1.82, 2.24) is 9.97 Å². The van der Waals surface area contributed by atoms with Crippen LogP contribution in [-0.4, -0.2) is 33.6 Å². The minimum absolute atomic E-state index is 0.106. The maximum absolute atomic E-state index is 12.9. The van der Waals surface area contributed by atoms with Gasteiger partial charge >= 0.3 is 0 Å². The number of aromatic hydroxyl groups is 1. The second-order valence-corrected chi connectivity index (χ2v) is 6.86. The van der Waals surface area contributed by atoms with Crippen molar-refractivity contribution in [2.45, 2.75) is 18.9 Å². The summed E-state index contributed by atoms with van der Waals surface area (Å²) in [5.74, 6) is 0.319. The van der Waals surface area contributed by atoms with Gasteiger partial charge in [-0.05, 0) is 54.3 Å². The molecule has 3 aromatic rings. The number of carbonyl (C=O) groups is 1. The van der Waals surface area contributed by atoms with Gasteiger partial charge in [-0.3, -0.25) is 4.79 Å². The lowest BCUT2D eigenvalue weighted by atomic mass is 10.0. The molecular formula is C21H21N5O2. The van der Waals surface area contributed by atoms with E-state index in [4.69, 9.17) is 11.5 Å².